The van der Waals surface area contributed by atoms with E-state index >= 15 is 0 Å². The molecule has 0 heterocycles. The summed E-state index contributed by atoms with van der Waals surface area (Å²) in [5.74, 6) is 1.50. The highest BCUT2D eigenvalue weighted by molar-refractivity contribution is 7.22. The summed E-state index contributed by atoms with van der Waals surface area (Å²) < 4.78 is 0. The number of unbranched alkanes of at least 4 members (excludes halogenated alkanes) is 1. The normalized spacial score (nSPS) is 13.2. The molecule has 2 atom stereocenters. The molecule has 0 saturated heterocycles. The quantitative estimate of drug-likeness (QED) is 0.176. The average molecular weight is 508 g/mol. The standard InChI is InChI=1S/C13H27N.C9H14.C6H12.C3H7P.C2H6/c1-5-8-10-13(9-6-2)12(4)14-11-7-3;1-2-6-9-7-4-3-5-8-9;1-5-6(2,3)4;1-3(2)4;1-2/h13-14H,4-11H2,1-3H3;6,9H,1,3-5,7-8H2;5H,1H2,2-4H3;1,4H2,2H3;1-2H3. The van der Waals surface area contributed by atoms with Crippen LogP contribution in [0.1, 0.15) is 133 Å². The Morgan fingerprint density at radius 1 is 1.00 bits per heavy atom. The topological polar surface area (TPSA) is 12.0 Å². The van der Waals surface area contributed by atoms with E-state index in [1.54, 1.807) is 0 Å². The van der Waals surface area contributed by atoms with Gasteiger partial charge in [-0.25, -0.2) is 0 Å². The lowest BCUT2D eigenvalue weighted by Crippen LogP contribution is -2.20. The zero-order chi connectivity index (χ0) is 28.1. The molecule has 0 spiro atoms. The van der Waals surface area contributed by atoms with Crippen LogP contribution in [0.2, 0.25) is 0 Å². The van der Waals surface area contributed by atoms with Crippen LogP contribution in [0.15, 0.2) is 55.2 Å². The van der Waals surface area contributed by atoms with Gasteiger partial charge in [0.1, 0.15) is 0 Å². The van der Waals surface area contributed by atoms with E-state index in [0.717, 1.165) is 17.8 Å². The maximum atomic E-state index is 4.15. The molecule has 2 heteroatoms. The molecule has 208 valence electrons. The lowest BCUT2D eigenvalue weighted by atomic mass is 9.89. The van der Waals surface area contributed by atoms with Crippen molar-refractivity contribution in [2.75, 3.05) is 6.54 Å². The van der Waals surface area contributed by atoms with Gasteiger partial charge in [0, 0.05) is 12.2 Å². The Bertz CT molecular complexity index is 510. The lowest BCUT2D eigenvalue weighted by molar-refractivity contribution is 0.420. The second-order valence-corrected chi connectivity index (χ2v) is 11.3. The predicted molar refractivity (Wildman–Crippen MR) is 171 cm³/mol. The van der Waals surface area contributed by atoms with Crippen molar-refractivity contribution in [2.24, 2.45) is 17.3 Å². The molecule has 1 saturated carbocycles. The second-order valence-electron chi connectivity index (χ2n) is 10.3. The van der Waals surface area contributed by atoms with Gasteiger partial charge in [-0.3, -0.25) is 0 Å². The van der Waals surface area contributed by atoms with Crippen LogP contribution in [0, 0.1) is 17.3 Å². The zero-order valence-electron chi connectivity index (χ0n) is 25.7. The Morgan fingerprint density at radius 2 is 1.49 bits per heavy atom. The lowest BCUT2D eigenvalue weighted by Gasteiger charge is -2.20. The van der Waals surface area contributed by atoms with Crippen molar-refractivity contribution in [3.05, 3.63) is 55.2 Å². The first kappa shape index (κ1) is 41.1. The fraction of sp³-hybridized carbons (Fsp3) is 0.727. The highest BCUT2D eigenvalue weighted by Gasteiger charge is 2.10. The molecule has 0 amide bonds. The van der Waals surface area contributed by atoms with Crippen molar-refractivity contribution in [3.8, 4) is 0 Å². The number of rotatable bonds is 10. The third-order valence-electron chi connectivity index (χ3n) is 5.25. The fourth-order valence-electron chi connectivity index (χ4n) is 3.19. The Morgan fingerprint density at radius 3 is 1.83 bits per heavy atom. The van der Waals surface area contributed by atoms with Gasteiger partial charge in [-0.1, -0.05) is 125 Å². The summed E-state index contributed by atoms with van der Waals surface area (Å²) in [6.07, 6.45) is 18.7. The number of nitrogens with one attached hydrogen (secondary N) is 1. The SMILES string of the molecule is C=C(C)P.C=C(NCCC)C(CCC)CCCC.C=C=CC1CCCCC1.C=CC(C)(C)C.CC. The first-order chi connectivity index (χ1) is 16.5. The van der Waals surface area contributed by atoms with Gasteiger partial charge >= 0.3 is 0 Å². The molecule has 2 unspecified atom stereocenters. The molecular formula is C33H66NP. The first-order valence-electron chi connectivity index (χ1n) is 14.3. The van der Waals surface area contributed by atoms with Gasteiger partial charge in [0.2, 0.25) is 0 Å². The van der Waals surface area contributed by atoms with Crippen LogP contribution in [0.3, 0.4) is 0 Å². The van der Waals surface area contributed by atoms with E-state index in [1.807, 2.05) is 26.8 Å². The average Bonchev–Trinajstić information content (AvgIpc) is 2.82. The van der Waals surface area contributed by atoms with Crippen molar-refractivity contribution in [3.63, 3.8) is 0 Å². The summed E-state index contributed by atoms with van der Waals surface area (Å²) >= 11 is 0. The molecule has 1 fully saturated rings. The third kappa shape index (κ3) is 40.4. The molecule has 0 bridgehead atoms. The molecule has 0 aromatic rings. The van der Waals surface area contributed by atoms with E-state index in [2.05, 4.69) is 94.2 Å². The van der Waals surface area contributed by atoms with Gasteiger partial charge in [0.25, 0.3) is 0 Å². The fourth-order valence-corrected chi connectivity index (χ4v) is 3.19. The van der Waals surface area contributed by atoms with Gasteiger partial charge in [-0.15, -0.1) is 21.5 Å². The Labute approximate surface area is 226 Å². The van der Waals surface area contributed by atoms with Crippen molar-refractivity contribution < 1.29 is 0 Å². The molecule has 0 radical (unpaired) electrons. The van der Waals surface area contributed by atoms with Crippen LogP contribution in [-0.4, -0.2) is 6.54 Å². The van der Waals surface area contributed by atoms with Crippen LogP contribution >= 0.6 is 9.24 Å². The van der Waals surface area contributed by atoms with Crippen molar-refractivity contribution in [1.82, 2.24) is 5.32 Å². The highest BCUT2D eigenvalue weighted by Crippen LogP contribution is 2.24. The van der Waals surface area contributed by atoms with Crippen LogP contribution in [0.5, 0.6) is 0 Å². The summed E-state index contributed by atoms with van der Waals surface area (Å²) in [6.45, 7) is 35.0. The highest BCUT2D eigenvalue weighted by atomic mass is 31.0. The molecule has 0 aliphatic heterocycles. The summed E-state index contributed by atoms with van der Waals surface area (Å²) in [5, 5.41) is 4.51. The van der Waals surface area contributed by atoms with Gasteiger partial charge in [-0.05, 0) is 62.4 Å². The molecule has 35 heavy (non-hydrogen) atoms. The van der Waals surface area contributed by atoms with Gasteiger partial charge in [-0.2, -0.15) is 0 Å². The molecule has 1 nitrogen and oxygen atoms in total. The molecule has 0 aromatic heterocycles. The van der Waals surface area contributed by atoms with E-state index in [-0.39, 0.29) is 0 Å². The predicted octanol–water partition coefficient (Wildman–Crippen LogP) is 11.7. The summed E-state index contributed by atoms with van der Waals surface area (Å²) in [4.78, 5) is 0. The largest absolute Gasteiger partial charge is 0.389 e. The van der Waals surface area contributed by atoms with Crippen molar-refractivity contribution >= 4 is 9.24 Å². The summed E-state index contributed by atoms with van der Waals surface area (Å²) in [6, 6.07) is 0. The van der Waals surface area contributed by atoms with E-state index in [4.69, 9.17) is 0 Å². The minimum atomic E-state index is 0.306. The van der Waals surface area contributed by atoms with E-state index < -0.39 is 0 Å². The molecule has 1 aliphatic rings. The van der Waals surface area contributed by atoms with E-state index in [1.165, 1.54) is 76.3 Å². The monoisotopic (exact) mass is 507 g/mol. The Kier molecular flexibility index (Phi) is 36.4. The van der Waals surface area contributed by atoms with Crippen LogP contribution < -0.4 is 5.32 Å². The maximum absolute atomic E-state index is 4.15. The molecule has 1 N–H and O–H groups in total. The van der Waals surface area contributed by atoms with Crippen LogP contribution in [0.4, 0.5) is 0 Å². The Hall–Kier alpha value is -1.03. The van der Waals surface area contributed by atoms with E-state index in [9.17, 15) is 0 Å². The summed E-state index contributed by atoms with van der Waals surface area (Å²) in [7, 11) is 2.46. The zero-order valence-corrected chi connectivity index (χ0v) is 26.9. The van der Waals surface area contributed by atoms with Crippen molar-refractivity contribution in [2.45, 2.75) is 133 Å². The first-order valence-corrected chi connectivity index (χ1v) is 14.9. The van der Waals surface area contributed by atoms with Crippen molar-refractivity contribution in [1.29, 1.82) is 0 Å². The smallest absolute Gasteiger partial charge is 0.0141 e. The molecule has 1 aliphatic carbocycles. The van der Waals surface area contributed by atoms with Gasteiger partial charge < -0.3 is 5.32 Å². The van der Waals surface area contributed by atoms with Gasteiger partial charge in [0.15, 0.2) is 0 Å². The van der Waals surface area contributed by atoms with Crippen LogP contribution in [-0.2, 0) is 0 Å². The molecular weight excluding hydrogens is 441 g/mol. The Balaban J connectivity index is -0.000000196. The minimum Gasteiger partial charge on any atom is -0.389 e. The van der Waals surface area contributed by atoms with E-state index in [0.29, 0.717) is 11.3 Å². The number of hydrogen-bond donors (Lipinski definition) is 1. The van der Waals surface area contributed by atoms with Gasteiger partial charge in [0.05, 0.1) is 0 Å². The number of allylic oxidation sites excluding steroid dienone is 4. The van der Waals surface area contributed by atoms with Crippen LogP contribution in [0.25, 0.3) is 0 Å². The summed E-state index contributed by atoms with van der Waals surface area (Å²) in [5.41, 5.74) is 4.43. The second kappa shape index (κ2) is 31.0. The molecule has 1 rings (SSSR count). The minimum absolute atomic E-state index is 0.306. The maximum Gasteiger partial charge on any atom is 0.0141 e. The number of hydrogen-bond acceptors (Lipinski definition) is 1. The molecule has 0 aromatic carbocycles. The third-order valence-corrected chi connectivity index (χ3v) is 5.25.